The van der Waals surface area contributed by atoms with E-state index in [1.54, 1.807) is 0 Å². The minimum Gasteiger partial charge on any atom is -0.399 e. The Bertz CT molecular complexity index is 373. The molecule has 0 radical (unpaired) electrons. The zero-order valence-electron chi connectivity index (χ0n) is 8.03. The number of hydrogen-bond acceptors (Lipinski definition) is 1. The number of rotatable bonds is 3. The molecule has 1 aromatic heterocycles. The van der Waals surface area contributed by atoms with Crippen molar-refractivity contribution in [1.29, 1.82) is 0 Å². The van der Waals surface area contributed by atoms with Gasteiger partial charge in [0.1, 0.15) is 0 Å². The van der Waals surface area contributed by atoms with Crippen LogP contribution in [0, 0.1) is 0 Å². The van der Waals surface area contributed by atoms with Gasteiger partial charge in [-0.3, -0.25) is 0 Å². The molecular formula is C12H14N2. The summed E-state index contributed by atoms with van der Waals surface area (Å²) in [4.78, 5) is 3.06. The second-order valence-electron chi connectivity index (χ2n) is 3.46. The van der Waals surface area contributed by atoms with Crippen LogP contribution < -0.4 is 5.73 Å². The second-order valence-corrected chi connectivity index (χ2v) is 3.46. The lowest BCUT2D eigenvalue weighted by Gasteiger charge is -2.00. The molecule has 0 unspecified atom stereocenters. The predicted octanol–water partition coefficient (Wildman–Crippen LogP) is 2.38. The first-order chi connectivity index (χ1) is 6.84. The van der Waals surface area contributed by atoms with Crippen molar-refractivity contribution in [2.24, 2.45) is 0 Å². The van der Waals surface area contributed by atoms with E-state index in [-0.39, 0.29) is 0 Å². The topological polar surface area (TPSA) is 41.8 Å². The lowest BCUT2D eigenvalue weighted by molar-refractivity contribution is 0.962. The zero-order valence-corrected chi connectivity index (χ0v) is 8.03. The van der Waals surface area contributed by atoms with Crippen molar-refractivity contribution >= 4 is 5.69 Å². The van der Waals surface area contributed by atoms with Gasteiger partial charge in [-0.05, 0) is 42.2 Å². The van der Waals surface area contributed by atoms with Crippen molar-refractivity contribution in [2.75, 3.05) is 5.73 Å². The number of aryl methyl sites for hydroxylation is 2. The number of nitrogens with one attached hydrogen (secondary N) is 1. The molecule has 1 heterocycles. The highest BCUT2D eigenvalue weighted by Gasteiger charge is 1.95. The number of benzene rings is 1. The minimum absolute atomic E-state index is 0.829. The smallest absolute Gasteiger partial charge is 0.0314 e. The Morgan fingerprint density at radius 3 is 2.29 bits per heavy atom. The molecule has 0 aliphatic rings. The highest BCUT2D eigenvalue weighted by Crippen LogP contribution is 2.09. The van der Waals surface area contributed by atoms with Crippen LogP contribution in [0.15, 0.2) is 42.7 Å². The van der Waals surface area contributed by atoms with Crippen molar-refractivity contribution in [3.8, 4) is 0 Å². The monoisotopic (exact) mass is 186 g/mol. The maximum absolute atomic E-state index is 5.61. The summed E-state index contributed by atoms with van der Waals surface area (Å²) in [5.41, 5.74) is 9.12. The lowest BCUT2D eigenvalue weighted by atomic mass is 10.1. The normalized spacial score (nSPS) is 10.3. The number of nitrogens with two attached hydrogens (primary N) is 1. The first kappa shape index (κ1) is 8.88. The number of aromatic amines is 1. The molecule has 0 fully saturated rings. The van der Waals surface area contributed by atoms with E-state index in [1.165, 1.54) is 11.1 Å². The summed E-state index contributed by atoms with van der Waals surface area (Å²) in [5, 5.41) is 0. The lowest BCUT2D eigenvalue weighted by Crippen LogP contribution is -1.90. The molecule has 0 bridgehead atoms. The largest absolute Gasteiger partial charge is 0.399 e. The van der Waals surface area contributed by atoms with Gasteiger partial charge in [0.2, 0.25) is 0 Å². The first-order valence-electron chi connectivity index (χ1n) is 4.81. The second kappa shape index (κ2) is 4.01. The van der Waals surface area contributed by atoms with Crippen molar-refractivity contribution < 1.29 is 0 Å². The Balaban J connectivity index is 1.95. The summed E-state index contributed by atoms with van der Waals surface area (Å²) >= 11 is 0. The van der Waals surface area contributed by atoms with Gasteiger partial charge in [-0.15, -0.1) is 0 Å². The van der Waals surface area contributed by atoms with Gasteiger partial charge in [0.25, 0.3) is 0 Å². The van der Waals surface area contributed by atoms with Crippen LogP contribution in [0.4, 0.5) is 5.69 Å². The van der Waals surface area contributed by atoms with Crippen LogP contribution in [-0.4, -0.2) is 4.98 Å². The fourth-order valence-corrected chi connectivity index (χ4v) is 1.49. The molecular weight excluding hydrogens is 172 g/mol. The zero-order chi connectivity index (χ0) is 9.80. The summed E-state index contributed by atoms with van der Waals surface area (Å²) in [7, 11) is 0. The fraction of sp³-hybridized carbons (Fsp3) is 0.167. The van der Waals surface area contributed by atoms with Crippen LogP contribution in [0.1, 0.15) is 11.1 Å². The molecule has 0 amide bonds. The Morgan fingerprint density at radius 1 is 0.929 bits per heavy atom. The highest BCUT2D eigenvalue weighted by atomic mass is 14.6. The first-order valence-corrected chi connectivity index (χ1v) is 4.81. The molecule has 0 spiro atoms. The van der Waals surface area contributed by atoms with E-state index in [2.05, 4.69) is 23.2 Å². The maximum Gasteiger partial charge on any atom is 0.0314 e. The van der Waals surface area contributed by atoms with Gasteiger partial charge in [-0.1, -0.05) is 12.1 Å². The highest BCUT2D eigenvalue weighted by molar-refractivity contribution is 5.39. The Hall–Kier alpha value is -1.70. The van der Waals surface area contributed by atoms with E-state index in [0.717, 1.165) is 18.5 Å². The number of nitrogen functional groups attached to an aromatic ring is 1. The molecule has 1 aromatic carbocycles. The van der Waals surface area contributed by atoms with Crippen LogP contribution in [0.25, 0.3) is 0 Å². The standard InChI is InChI=1S/C12H14N2/c13-12-5-3-10(4-6-12)1-2-11-7-8-14-9-11/h3-9,14H,1-2,13H2. The molecule has 0 aliphatic heterocycles. The van der Waals surface area contributed by atoms with Gasteiger partial charge in [0.05, 0.1) is 0 Å². The minimum atomic E-state index is 0.829. The van der Waals surface area contributed by atoms with Crippen LogP contribution >= 0.6 is 0 Å². The van der Waals surface area contributed by atoms with Crippen molar-refractivity contribution in [2.45, 2.75) is 12.8 Å². The molecule has 72 valence electrons. The molecule has 2 aromatic rings. The van der Waals surface area contributed by atoms with Crippen molar-refractivity contribution in [1.82, 2.24) is 4.98 Å². The molecule has 3 N–H and O–H groups in total. The van der Waals surface area contributed by atoms with Crippen LogP contribution in [-0.2, 0) is 12.8 Å². The van der Waals surface area contributed by atoms with Gasteiger partial charge < -0.3 is 10.7 Å². The van der Waals surface area contributed by atoms with Crippen molar-refractivity contribution in [3.05, 3.63) is 53.9 Å². The summed E-state index contributed by atoms with van der Waals surface area (Å²) < 4.78 is 0. The number of H-pyrrole nitrogens is 1. The summed E-state index contributed by atoms with van der Waals surface area (Å²) in [6, 6.07) is 10.2. The van der Waals surface area contributed by atoms with E-state index in [4.69, 9.17) is 5.73 Å². The molecule has 0 atom stereocenters. The summed E-state index contributed by atoms with van der Waals surface area (Å²) in [5.74, 6) is 0. The van der Waals surface area contributed by atoms with E-state index in [1.807, 2.05) is 24.5 Å². The molecule has 0 aliphatic carbocycles. The van der Waals surface area contributed by atoms with E-state index in [9.17, 15) is 0 Å². The fourth-order valence-electron chi connectivity index (χ4n) is 1.49. The van der Waals surface area contributed by atoms with Gasteiger partial charge in [0.15, 0.2) is 0 Å². The maximum atomic E-state index is 5.61. The average molecular weight is 186 g/mol. The van der Waals surface area contributed by atoms with Crippen molar-refractivity contribution in [3.63, 3.8) is 0 Å². The van der Waals surface area contributed by atoms with Crippen LogP contribution in [0.2, 0.25) is 0 Å². The Labute approximate surface area is 83.8 Å². The molecule has 14 heavy (non-hydrogen) atoms. The third-order valence-corrected chi connectivity index (χ3v) is 2.34. The number of aromatic nitrogens is 1. The molecule has 2 nitrogen and oxygen atoms in total. The SMILES string of the molecule is Nc1ccc(CCc2cc[nH]c2)cc1. The summed E-state index contributed by atoms with van der Waals surface area (Å²) in [6.07, 6.45) is 6.14. The molecule has 0 saturated heterocycles. The third kappa shape index (κ3) is 2.16. The molecule has 2 rings (SSSR count). The number of anilines is 1. The number of hydrogen-bond donors (Lipinski definition) is 2. The van der Waals surface area contributed by atoms with Gasteiger partial charge in [0, 0.05) is 18.1 Å². The quantitative estimate of drug-likeness (QED) is 0.710. The predicted molar refractivity (Wildman–Crippen MR) is 59.1 cm³/mol. The van der Waals surface area contributed by atoms with Gasteiger partial charge in [-0.25, -0.2) is 0 Å². The van der Waals surface area contributed by atoms with E-state index in [0.29, 0.717) is 0 Å². The third-order valence-electron chi connectivity index (χ3n) is 2.34. The average Bonchev–Trinajstić information content (AvgIpc) is 2.70. The Morgan fingerprint density at radius 2 is 1.64 bits per heavy atom. The molecule has 0 saturated carbocycles. The van der Waals surface area contributed by atoms with Crippen LogP contribution in [0.3, 0.4) is 0 Å². The van der Waals surface area contributed by atoms with Gasteiger partial charge >= 0.3 is 0 Å². The molecule has 2 heteroatoms. The van der Waals surface area contributed by atoms with Gasteiger partial charge in [-0.2, -0.15) is 0 Å². The van der Waals surface area contributed by atoms with E-state index >= 15 is 0 Å². The summed E-state index contributed by atoms with van der Waals surface area (Å²) in [6.45, 7) is 0. The van der Waals surface area contributed by atoms with E-state index < -0.39 is 0 Å². The van der Waals surface area contributed by atoms with Crippen LogP contribution in [0.5, 0.6) is 0 Å². The Kier molecular flexibility index (Phi) is 2.54.